The van der Waals surface area contributed by atoms with E-state index < -0.39 is 5.54 Å². The van der Waals surface area contributed by atoms with Crippen LogP contribution in [0.15, 0.2) is 0 Å². The highest BCUT2D eigenvalue weighted by Crippen LogP contribution is 2.34. The number of carbonyl (C=O) groups is 1. The molecule has 1 rings (SSSR count). The molecule has 92 valence electrons. The standard InChI is InChI=1S/C14H20N2O/c1-3-4-5-6-9-13(17)16-14(11-15)10-7-8-12(14)2/h1,12H,4-10H2,2H3,(H,16,17)/t12-,14-/m0/s1. The van der Waals surface area contributed by atoms with E-state index in [4.69, 9.17) is 6.42 Å². The predicted octanol–water partition coefficient (Wildman–Crippen LogP) is 2.38. The number of hydrogen-bond acceptors (Lipinski definition) is 2. The van der Waals surface area contributed by atoms with E-state index in [1.54, 1.807) is 0 Å². The highest BCUT2D eigenvalue weighted by atomic mass is 16.1. The first-order valence-electron chi connectivity index (χ1n) is 6.30. The molecule has 0 aromatic heterocycles. The van der Waals surface area contributed by atoms with Crippen LogP contribution < -0.4 is 5.32 Å². The summed E-state index contributed by atoms with van der Waals surface area (Å²) in [6.45, 7) is 2.04. The molecule has 0 aliphatic heterocycles. The monoisotopic (exact) mass is 232 g/mol. The van der Waals surface area contributed by atoms with Gasteiger partial charge < -0.3 is 5.32 Å². The number of nitrogens with one attached hydrogen (secondary N) is 1. The summed E-state index contributed by atoms with van der Waals surface area (Å²) in [5, 5.41) is 12.2. The fourth-order valence-corrected chi connectivity index (χ4v) is 2.38. The number of carbonyl (C=O) groups excluding carboxylic acids is 1. The summed E-state index contributed by atoms with van der Waals surface area (Å²) in [4.78, 5) is 11.8. The van der Waals surface area contributed by atoms with Crippen molar-refractivity contribution in [1.29, 1.82) is 5.26 Å². The van der Waals surface area contributed by atoms with Crippen LogP contribution in [0, 0.1) is 29.6 Å². The first-order chi connectivity index (χ1) is 8.14. The van der Waals surface area contributed by atoms with E-state index in [9.17, 15) is 10.1 Å². The van der Waals surface area contributed by atoms with Gasteiger partial charge in [0.15, 0.2) is 0 Å². The zero-order valence-electron chi connectivity index (χ0n) is 10.5. The summed E-state index contributed by atoms with van der Waals surface area (Å²) in [5.74, 6) is 2.79. The Balaban J connectivity index is 2.39. The molecule has 3 nitrogen and oxygen atoms in total. The van der Waals surface area contributed by atoms with Crippen molar-refractivity contribution in [3.8, 4) is 18.4 Å². The number of nitrogens with zero attached hydrogens (tertiary/aromatic N) is 1. The summed E-state index contributed by atoms with van der Waals surface area (Å²) in [7, 11) is 0. The molecule has 0 unspecified atom stereocenters. The Morgan fingerprint density at radius 2 is 2.35 bits per heavy atom. The molecule has 1 aliphatic carbocycles. The van der Waals surface area contributed by atoms with Gasteiger partial charge in [0, 0.05) is 12.8 Å². The third kappa shape index (κ3) is 3.49. The second kappa shape index (κ2) is 6.30. The van der Waals surface area contributed by atoms with Gasteiger partial charge in [0.1, 0.15) is 5.54 Å². The van der Waals surface area contributed by atoms with E-state index in [2.05, 4.69) is 17.3 Å². The van der Waals surface area contributed by atoms with Gasteiger partial charge in [-0.05, 0) is 38.0 Å². The second-order valence-electron chi connectivity index (χ2n) is 4.84. The molecule has 1 N–H and O–H groups in total. The van der Waals surface area contributed by atoms with E-state index in [0.29, 0.717) is 12.8 Å². The lowest BCUT2D eigenvalue weighted by Gasteiger charge is -2.27. The Bertz CT molecular complexity index is 350. The molecule has 0 spiro atoms. The summed E-state index contributed by atoms with van der Waals surface area (Å²) < 4.78 is 0. The maximum absolute atomic E-state index is 11.8. The van der Waals surface area contributed by atoms with Gasteiger partial charge in [-0.2, -0.15) is 5.26 Å². The van der Waals surface area contributed by atoms with Gasteiger partial charge in [-0.15, -0.1) is 12.3 Å². The first kappa shape index (κ1) is 13.6. The fraction of sp³-hybridized carbons (Fsp3) is 0.714. The molecule has 1 amide bonds. The van der Waals surface area contributed by atoms with Crippen molar-refractivity contribution in [3.63, 3.8) is 0 Å². The summed E-state index contributed by atoms with van der Waals surface area (Å²) in [6.07, 6.45) is 10.8. The maximum atomic E-state index is 11.8. The Morgan fingerprint density at radius 1 is 1.59 bits per heavy atom. The van der Waals surface area contributed by atoms with Gasteiger partial charge in [0.25, 0.3) is 0 Å². The van der Waals surface area contributed by atoms with E-state index in [1.807, 2.05) is 6.92 Å². The topological polar surface area (TPSA) is 52.9 Å². The van der Waals surface area contributed by atoms with Crippen molar-refractivity contribution in [2.45, 2.75) is 57.4 Å². The number of nitriles is 1. The average Bonchev–Trinajstić information content (AvgIpc) is 2.67. The fourth-order valence-electron chi connectivity index (χ4n) is 2.38. The number of unbranched alkanes of at least 4 members (excludes halogenated alkanes) is 2. The molecule has 3 heteroatoms. The smallest absolute Gasteiger partial charge is 0.221 e. The van der Waals surface area contributed by atoms with Crippen molar-refractivity contribution in [1.82, 2.24) is 5.32 Å². The molecule has 0 radical (unpaired) electrons. The largest absolute Gasteiger partial charge is 0.338 e. The van der Waals surface area contributed by atoms with Crippen molar-refractivity contribution in [2.75, 3.05) is 0 Å². The molecule has 0 aromatic carbocycles. The molecule has 1 saturated carbocycles. The molecular formula is C14H20N2O. The second-order valence-corrected chi connectivity index (χ2v) is 4.84. The first-order valence-corrected chi connectivity index (χ1v) is 6.30. The van der Waals surface area contributed by atoms with Crippen LogP contribution >= 0.6 is 0 Å². The van der Waals surface area contributed by atoms with Gasteiger partial charge in [-0.25, -0.2) is 0 Å². The number of rotatable bonds is 5. The van der Waals surface area contributed by atoms with Crippen LogP contribution in [0.25, 0.3) is 0 Å². The molecule has 1 aliphatic rings. The summed E-state index contributed by atoms with van der Waals surface area (Å²) >= 11 is 0. The molecule has 0 saturated heterocycles. The van der Waals surface area contributed by atoms with Crippen molar-refractivity contribution in [3.05, 3.63) is 0 Å². The highest BCUT2D eigenvalue weighted by Gasteiger charge is 2.41. The number of hydrogen-bond donors (Lipinski definition) is 1. The van der Waals surface area contributed by atoms with E-state index in [1.165, 1.54) is 0 Å². The molecule has 0 bridgehead atoms. The molecule has 1 fully saturated rings. The Kier molecular flexibility index (Phi) is 5.04. The average molecular weight is 232 g/mol. The van der Waals surface area contributed by atoms with Gasteiger partial charge in [0.2, 0.25) is 5.91 Å². The van der Waals surface area contributed by atoms with E-state index in [-0.39, 0.29) is 11.8 Å². The van der Waals surface area contributed by atoms with Crippen LogP contribution in [0.1, 0.15) is 51.9 Å². The molecular weight excluding hydrogens is 212 g/mol. The predicted molar refractivity (Wildman–Crippen MR) is 66.8 cm³/mol. The lowest BCUT2D eigenvalue weighted by atomic mass is 9.89. The minimum Gasteiger partial charge on any atom is -0.338 e. The van der Waals surface area contributed by atoms with Gasteiger partial charge >= 0.3 is 0 Å². The minimum absolute atomic E-state index is 0.0164. The normalized spacial score (nSPS) is 27.1. The lowest BCUT2D eigenvalue weighted by molar-refractivity contribution is -0.122. The van der Waals surface area contributed by atoms with Crippen LogP contribution in [0.2, 0.25) is 0 Å². The molecule has 17 heavy (non-hydrogen) atoms. The third-order valence-electron chi connectivity index (χ3n) is 3.59. The van der Waals surface area contributed by atoms with Crippen LogP contribution in [-0.2, 0) is 4.79 Å². The summed E-state index contributed by atoms with van der Waals surface area (Å²) in [5.41, 5.74) is -0.622. The van der Waals surface area contributed by atoms with Crippen molar-refractivity contribution in [2.24, 2.45) is 5.92 Å². The molecule has 2 atom stereocenters. The van der Waals surface area contributed by atoms with Crippen molar-refractivity contribution >= 4 is 5.91 Å². The third-order valence-corrected chi connectivity index (χ3v) is 3.59. The Hall–Kier alpha value is -1.48. The van der Waals surface area contributed by atoms with Crippen LogP contribution in [-0.4, -0.2) is 11.4 Å². The Labute approximate surface area is 104 Å². The zero-order chi connectivity index (χ0) is 12.7. The van der Waals surface area contributed by atoms with Crippen molar-refractivity contribution < 1.29 is 4.79 Å². The maximum Gasteiger partial charge on any atom is 0.221 e. The number of terminal acetylenes is 1. The van der Waals surface area contributed by atoms with Crippen LogP contribution in [0.5, 0.6) is 0 Å². The SMILES string of the molecule is C#CCCCCC(=O)N[C@]1(C#N)CCC[C@@H]1C. The van der Waals surface area contributed by atoms with Crippen LogP contribution in [0.4, 0.5) is 0 Å². The Morgan fingerprint density at radius 3 is 2.88 bits per heavy atom. The lowest BCUT2D eigenvalue weighted by Crippen LogP contribution is -2.49. The van der Waals surface area contributed by atoms with Gasteiger partial charge in [-0.1, -0.05) is 6.92 Å². The molecule has 0 heterocycles. The zero-order valence-corrected chi connectivity index (χ0v) is 10.5. The number of amides is 1. The van der Waals surface area contributed by atoms with Crippen LogP contribution in [0.3, 0.4) is 0 Å². The minimum atomic E-state index is -0.622. The van der Waals surface area contributed by atoms with Gasteiger partial charge in [-0.3, -0.25) is 4.79 Å². The van der Waals surface area contributed by atoms with E-state index >= 15 is 0 Å². The van der Waals surface area contributed by atoms with E-state index in [0.717, 1.165) is 32.1 Å². The molecule has 0 aromatic rings. The van der Waals surface area contributed by atoms with Gasteiger partial charge in [0.05, 0.1) is 6.07 Å². The highest BCUT2D eigenvalue weighted by molar-refractivity contribution is 5.77. The summed E-state index contributed by atoms with van der Waals surface area (Å²) in [6, 6.07) is 2.30. The quantitative estimate of drug-likeness (QED) is 0.584.